The van der Waals surface area contributed by atoms with Crippen LogP contribution in [0, 0.1) is 0 Å². The molecule has 7 heteroatoms. The predicted molar refractivity (Wildman–Crippen MR) is 76.9 cm³/mol. The number of thioether (sulfide) groups is 1. The molecule has 1 saturated heterocycles. The quantitative estimate of drug-likeness (QED) is 0.418. The third kappa shape index (κ3) is 4.40. The minimum absolute atomic E-state index is 0.308. The van der Waals surface area contributed by atoms with Gasteiger partial charge in [-0.05, 0) is 12.1 Å². The highest BCUT2D eigenvalue weighted by atomic mass is 32.2. The molecular weight excluding hydrogens is 296 g/mol. The van der Waals surface area contributed by atoms with Crippen molar-refractivity contribution >= 4 is 11.8 Å². The molecular formula is C14H20O6S. The molecule has 1 heterocycles. The molecule has 0 saturated carbocycles. The lowest BCUT2D eigenvalue weighted by molar-refractivity contribution is -0.299. The smallest absolute Gasteiger partial charge is 0.186 e. The Labute approximate surface area is 127 Å². The fourth-order valence-corrected chi connectivity index (χ4v) is 2.81. The van der Waals surface area contributed by atoms with Gasteiger partial charge in [-0.3, -0.25) is 0 Å². The van der Waals surface area contributed by atoms with Crippen molar-refractivity contribution in [3.05, 3.63) is 30.3 Å². The zero-order chi connectivity index (χ0) is 15.2. The van der Waals surface area contributed by atoms with Crippen LogP contribution < -0.4 is 0 Å². The Morgan fingerprint density at radius 2 is 1.76 bits per heavy atom. The lowest BCUT2D eigenvalue weighted by Crippen LogP contribution is -2.59. The van der Waals surface area contributed by atoms with Gasteiger partial charge in [-0.15, -0.1) is 11.8 Å². The van der Waals surface area contributed by atoms with Crippen molar-refractivity contribution in [2.24, 2.45) is 0 Å². The molecule has 0 spiro atoms. The van der Waals surface area contributed by atoms with Gasteiger partial charge in [-0.25, -0.2) is 0 Å². The van der Waals surface area contributed by atoms with E-state index in [9.17, 15) is 15.3 Å². The van der Waals surface area contributed by atoms with Crippen molar-refractivity contribution in [3.63, 3.8) is 0 Å². The van der Waals surface area contributed by atoms with E-state index in [4.69, 9.17) is 14.6 Å². The third-order valence-electron chi connectivity index (χ3n) is 3.23. The number of hydrogen-bond acceptors (Lipinski definition) is 7. The maximum Gasteiger partial charge on any atom is 0.186 e. The molecule has 5 atom stereocenters. The van der Waals surface area contributed by atoms with E-state index in [-0.39, 0.29) is 0 Å². The van der Waals surface area contributed by atoms with E-state index in [0.29, 0.717) is 12.4 Å². The molecule has 6 nitrogen and oxygen atoms in total. The molecule has 1 aromatic rings. The first-order valence-corrected chi connectivity index (χ1v) is 7.72. The number of aliphatic hydroxyl groups is 4. The zero-order valence-electron chi connectivity index (χ0n) is 11.4. The molecule has 4 N–H and O–H groups in total. The molecule has 0 radical (unpaired) electrons. The summed E-state index contributed by atoms with van der Waals surface area (Å²) in [6.45, 7) is -0.147. The largest absolute Gasteiger partial charge is 0.394 e. The Balaban J connectivity index is 1.77. The van der Waals surface area contributed by atoms with Crippen LogP contribution in [0.3, 0.4) is 0 Å². The molecule has 0 amide bonds. The molecule has 2 rings (SSSR count). The first kappa shape index (κ1) is 16.7. The lowest BCUT2D eigenvalue weighted by Gasteiger charge is -2.39. The van der Waals surface area contributed by atoms with Crippen LogP contribution in [0.1, 0.15) is 0 Å². The van der Waals surface area contributed by atoms with Gasteiger partial charge in [0.2, 0.25) is 0 Å². The van der Waals surface area contributed by atoms with Gasteiger partial charge in [0, 0.05) is 10.6 Å². The van der Waals surface area contributed by atoms with E-state index >= 15 is 0 Å². The maximum absolute atomic E-state index is 9.79. The number of benzene rings is 1. The molecule has 0 bridgehead atoms. The highest BCUT2D eigenvalue weighted by molar-refractivity contribution is 7.99. The minimum atomic E-state index is -1.40. The molecule has 21 heavy (non-hydrogen) atoms. The molecule has 1 fully saturated rings. The molecule has 0 aromatic heterocycles. The summed E-state index contributed by atoms with van der Waals surface area (Å²) < 4.78 is 10.6. The summed E-state index contributed by atoms with van der Waals surface area (Å²) in [6, 6.07) is 9.80. The van der Waals surface area contributed by atoms with Gasteiger partial charge in [0.25, 0.3) is 0 Å². The molecule has 0 aliphatic carbocycles. The zero-order valence-corrected chi connectivity index (χ0v) is 12.2. The highest BCUT2D eigenvalue weighted by Gasteiger charge is 2.43. The van der Waals surface area contributed by atoms with E-state index in [1.54, 1.807) is 11.8 Å². The topological polar surface area (TPSA) is 99.4 Å². The Morgan fingerprint density at radius 3 is 2.43 bits per heavy atom. The summed E-state index contributed by atoms with van der Waals surface area (Å²) >= 11 is 1.59. The van der Waals surface area contributed by atoms with Crippen LogP contribution in [0.25, 0.3) is 0 Å². The fourth-order valence-electron chi connectivity index (χ4n) is 2.05. The SMILES string of the molecule is OC[C@H]1O[C@H](OCCSc2ccccc2)[C@@H](O)[C@@H](O)[C@@H]1O. The molecule has 118 valence electrons. The van der Waals surface area contributed by atoms with Crippen LogP contribution in [-0.2, 0) is 9.47 Å². The van der Waals surface area contributed by atoms with Gasteiger partial charge < -0.3 is 29.9 Å². The summed E-state index contributed by atoms with van der Waals surface area (Å²) in [4.78, 5) is 1.11. The molecule has 1 aliphatic heterocycles. The Bertz CT molecular complexity index is 415. The van der Waals surface area contributed by atoms with E-state index in [1.807, 2.05) is 30.3 Å². The summed E-state index contributed by atoms with van der Waals surface area (Å²) in [5, 5.41) is 38.1. The van der Waals surface area contributed by atoms with Gasteiger partial charge >= 0.3 is 0 Å². The number of aliphatic hydroxyl groups excluding tert-OH is 4. The second kappa shape index (κ2) is 8.09. The van der Waals surface area contributed by atoms with Crippen molar-refractivity contribution < 1.29 is 29.9 Å². The van der Waals surface area contributed by atoms with Crippen LogP contribution in [0.15, 0.2) is 35.2 Å². The standard InChI is InChI=1S/C14H20O6S/c15-8-10-11(16)12(17)13(18)14(20-10)19-6-7-21-9-4-2-1-3-5-9/h1-5,10-18H,6-8H2/t10-,11-,12+,13+,14+/m1/s1. The number of ether oxygens (including phenoxy) is 2. The average molecular weight is 316 g/mol. The van der Waals surface area contributed by atoms with Crippen molar-refractivity contribution in [1.29, 1.82) is 0 Å². The van der Waals surface area contributed by atoms with Gasteiger partial charge in [0.1, 0.15) is 24.4 Å². The van der Waals surface area contributed by atoms with Crippen molar-refractivity contribution in [2.45, 2.75) is 35.6 Å². The Hall–Kier alpha value is -0.670. The van der Waals surface area contributed by atoms with Gasteiger partial charge in [-0.1, -0.05) is 18.2 Å². The summed E-state index contributed by atoms with van der Waals surface area (Å²) in [6.07, 6.45) is -6.09. The molecule has 1 aliphatic rings. The number of rotatable bonds is 6. The van der Waals surface area contributed by atoms with Crippen molar-refractivity contribution in [3.8, 4) is 0 Å². The summed E-state index contributed by atoms with van der Waals surface area (Å²) in [5.41, 5.74) is 0. The minimum Gasteiger partial charge on any atom is -0.394 e. The normalized spacial score (nSPS) is 33.0. The molecule has 1 aromatic carbocycles. The van der Waals surface area contributed by atoms with E-state index in [0.717, 1.165) is 4.90 Å². The number of hydrogen-bond donors (Lipinski definition) is 4. The van der Waals surface area contributed by atoms with Gasteiger partial charge in [0.05, 0.1) is 13.2 Å². The predicted octanol–water partition coefficient (Wildman–Crippen LogP) is -0.405. The average Bonchev–Trinajstić information content (AvgIpc) is 2.52. The monoisotopic (exact) mass is 316 g/mol. The van der Waals surface area contributed by atoms with E-state index in [2.05, 4.69) is 0 Å². The van der Waals surface area contributed by atoms with E-state index in [1.165, 1.54) is 0 Å². The lowest BCUT2D eigenvalue weighted by atomic mass is 9.99. The summed E-state index contributed by atoms with van der Waals surface area (Å²) in [5.74, 6) is 0.652. The Kier molecular flexibility index (Phi) is 6.43. The maximum atomic E-state index is 9.79. The van der Waals surface area contributed by atoms with Gasteiger partial charge in [-0.2, -0.15) is 0 Å². The van der Waals surface area contributed by atoms with Crippen LogP contribution in [0.4, 0.5) is 0 Å². The Morgan fingerprint density at radius 1 is 1.05 bits per heavy atom. The summed E-state index contributed by atoms with van der Waals surface area (Å²) in [7, 11) is 0. The van der Waals surface area contributed by atoms with Crippen LogP contribution in [-0.4, -0.2) is 70.1 Å². The molecule has 0 unspecified atom stereocenters. The third-order valence-corrected chi connectivity index (χ3v) is 4.20. The first-order valence-electron chi connectivity index (χ1n) is 6.73. The van der Waals surface area contributed by atoms with Crippen LogP contribution in [0.2, 0.25) is 0 Å². The van der Waals surface area contributed by atoms with Crippen molar-refractivity contribution in [2.75, 3.05) is 19.0 Å². The van der Waals surface area contributed by atoms with Gasteiger partial charge in [0.15, 0.2) is 6.29 Å². The second-order valence-corrected chi connectivity index (χ2v) is 5.90. The van der Waals surface area contributed by atoms with Crippen LogP contribution >= 0.6 is 11.8 Å². The van der Waals surface area contributed by atoms with E-state index < -0.39 is 37.3 Å². The van der Waals surface area contributed by atoms with Crippen LogP contribution in [0.5, 0.6) is 0 Å². The fraction of sp³-hybridized carbons (Fsp3) is 0.571. The highest BCUT2D eigenvalue weighted by Crippen LogP contribution is 2.23. The van der Waals surface area contributed by atoms with Crippen molar-refractivity contribution in [1.82, 2.24) is 0 Å². The second-order valence-electron chi connectivity index (χ2n) is 4.73. The first-order chi connectivity index (χ1) is 10.1.